The molecule has 0 aliphatic rings. The van der Waals surface area contributed by atoms with Gasteiger partial charge in [-0.05, 0) is 12.8 Å². The number of hydrogen-bond donors (Lipinski definition) is 1. The highest BCUT2D eigenvalue weighted by Crippen LogP contribution is 2.12. The molecule has 0 aliphatic carbocycles. The average Bonchev–Trinajstić information content (AvgIpc) is 2.39. The summed E-state index contributed by atoms with van der Waals surface area (Å²) in [7, 11) is 0. The number of carboxylic acid groups (broad SMARTS) is 1. The highest BCUT2D eigenvalue weighted by Gasteiger charge is 2.20. The number of carbonyl (C=O) groups excluding carboxylic acids is 1. The van der Waals surface area contributed by atoms with Gasteiger partial charge in [0, 0.05) is 6.08 Å². The van der Waals surface area contributed by atoms with Gasteiger partial charge in [-0.25, -0.2) is 9.59 Å². The van der Waals surface area contributed by atoms with Gasteiger partial charge in [0.05, 0.1) is 0 Å². The van der Waals surface area contributed by atoms with Crippen molar-refractivity contribution in [1.82, 2.24) is 0 Å². The fourth-order valence-corrected chi connectivity index (χ4v) is 1.88. The lowest BCUT2D eigenvalue weighted by molar-refractivity contribution is -0.161. The maximum atomic E-state index is 11.0. The van der Waals surface area contributed by atoms with Crippen LogP contribution in [0.3, 0.4) is 0 Å². The Balaban J connectivity index is 3.62. The number of carboxylic acids is 1. The average molecular weight is 270 g/mol. The maximum absolute atomic E-state index is 11.0. The van der Waals surface area contributed by atoms with E-state index >= 15 is 0 Å². The molecule has 0 aliphatic heterocycles. The Kier molecular flexibility index (Phi) is 10.9. The smallest absolute Gasteiger partial charge is 0.345 e. The van der Waals surface area contributed by atoms with Crippen molar-refractivity contribution in [3.8, 4) is 0 Å². The van der Waals surface area contributed by atoms with E-state index < -0.39 is 18.0 Å². The molecule has 1 unspecified atom stereocenters. The molecule has 0 saturated heterocycles. The predicted octanol–water partition coefficient (Wildman–Crippen LogP) is 3.70. The summed E-state index contributed by atoms with van der Waals surface area (Å²) in [6.45, 7) is 5.44. The fourth-order valence-electron chi connectivity index (χ4n) is 1.88. The molecule has 0 fully saturated rings. The van der Waals surface area contributed by atoms with Gasteiger partial charge in [-0.1, -0.05) is 58.4 Å². The van der Waals surface area contributed by atoms with Crippen LogP contribution in [0.2, 0.25) is 0 Å². The Morgan fingerprint density at radius 2 is 1.63 bits per heavy atom. The van der Waals surface area contributed by atoms with Crippen LogP contribution in [-0.4, -0.2) is 23.1 Å². The van der Waals surface area contributed by atoms with Gasteiger partial charge in [0.1, 0.15) is 0 Å². The van der Waals surface area contributed by atoms with Crippen molar-refractivity contribution < 1.29 is 19.4 Å². The lowest BCUT2D eigenvalue weighted by atomic mass is 10.1. The lowest BCUT2D eigenvalue weighted by Crippen LogP contribution is -2.26. The van der Waals surface area contributed by atoms with Crippen molar-refractivity contribution in [3.05, 3.63) is 12.7 Å². The van der Waals surface area contributed by atoms with Crippen LogP contribution in [0.15, 0.2) is 12.7 Å². The molecule has 110 valence electrons. The third kappa shape index (κ3) is 10.3. The van der Waals surface area contributed by atoms with Crippen molar-refractivity contribution in [3.63, 3.8) is 0 Å². The highest BCUT2D eigenvalue weighted by molar-refractivity contribution is 5.84. The molecule has 19 heavy (non-hydrogen) atoms. The summed E-state index contributed by atoms with van der Waals surface area (Å²) in [5.41, 5.74) is 0. The Labute approximate surface area is 115 Å². The summed E-state index contributed by atoms with van der Waals surface area (Å²) >= 11 is 0. The predicted molar refractivity (Wildman–Crippen MR) is 74.9 cm³/mol. The second-order valence-corrected chi connectivity index (χ2v) is 4.73. The van der Waals surface area contributed by atoms with E-state index in [0.717, 1.165) is 25.3 Å². The molecule has 0 spiro atoms. The van der Waals surface area contributed by atoms with Crippen LogP contribution in [0, 0.1) is 0 Å². The second kappa shape index (κ2) is 11.8. The summed E-state index contributed by atoms with van der Waals surface area (Å²) in [6.07, 6.45) is 9.48. The van der Waals surface area contributed by atoms with Gasteiger partial charge in [0.25, 0.3) is 0 Å². The molecule has 0 saturated carbocycles. The van der Waals surface area contributed by atoms with E-state index in [1.807, 2.05) is 0 Å². The first-order chi connectivity index (χ1) is 9.11. The van der Waals surface area contributed by atoms with E-state index in [1.165, 1.54) is 32.1 Å². The quantitative estimate of drug-likeness (QED) is 0.333. The molecule has 0 aromatic rings. The van der Waals surface area contributed by atoms with Crippen molar-refractivity contribution in [1.29, 1.82) is 0 Å². The molecule has 0 aromatic carbocycles. The van der Waals surface area contributed by atoms with Gasteiger partial charge in [-0.3, -0.25) is 0 Å². The van der Waals surface area contributed by atoms with Gasteiger partial charge in [0.15, 0.2) is 6.10 Å². The summed E-state index contributed by atoms with van der Waals surface area (Å²) < 4.78 is 4.76. The van der Waals surface area contributed by atoms with Crippen molar-refractivity contribution in [2.24, 2.45) is 0 Å². The van der Waals surface area contributed by atoms with E-state index in [0.29, 0.717) is 6.42 Å². The van der Waals surface area contributed by atoms with Crippen LogP contribution in [0.25, 0.3) is 0 Å². The van der Waals surface area contributed by atoms with Gasteiger partial charge in [-0.2, -0.15) is 0 Å². The van der Waals surface area contributed by atoms with Crippen LogP contribution in [-0.2, 0) is 14.3 Å². The van der Waals surface area contributed by atoms with Gasteiger partial charge in [-0.15, -0.1) is 0 Å². The third-order valence-electron chi connectivity index (χ3n) is 3.02. The van der Waals surface area contributed by atoms with Gasteiger partial charge < -0.3 is 9.84 Å². The monoisotopic (exact) mass is 270 g/mol. The normalized spacial score (nSPS) is 11.8. The molecule has 1 atom stereocenters. The standard InChI is InChI=1S/C15H26O4/c1-3-5-6-7-8-9-10-11-12-13(15(17)18)19-14(16)4-2/h4,13H,2-3,5-12H2,1H3,(H,17,18). The number of hydrogen-bond acceptors (Lipinski definition) is 3. The third-order valence-corrected chi connectivity index (χ3v) is 3.02. The van der Waals surface area contributed by atoms with E-state index in [4.69, 9.17) is 9.84 Å². The first-order valence-electron chi connectivity index (χ1n) is 7.17. The minimum Gasteiger partial charge on any atom is -0.479 e. The van der Waals surface area contributed by atoms with Crippen molar-refractivity contribution >= 4 is 11.9 Å². The molecule has 0 aromatic heterocycles. The fraction of sp³-hybridized carbons (Fsp3) is 0.733. The number of esters is 1. The minimum absolute atomic E-state index is 0.379. The SMILES string of the molecule is C=CC(=O)OC(CCCCCCCCCC)C(=O)O. The number of aliphatic carboxylic acids is 1. The first-order valence-corrected chi connectivity index (χ1v) is 7.17. The van der Waals surface area contributed by atoms with Crippen molar-refractivity contribution in [2.75, 3.05) is 0 Å². The number of rotatable bonds is 12. The summed E-state index contributed by atoms with van der Waals surface area (Å²) in [5.74, 6) is -1.76. The molecular weight excluding hydrogens is 244 g/mol. The summed E-state index contributed by atoms with van der Waals surface area (Å²) in [4.78, 5) is 21.8. The van der Waals surface area contributed by atoms with E-state index in [2.05, 4.69) is 13.5 Å². The van der Waals surface area contributed by atoms with E-state index in [9.17, 15) is 9.59 Å². The second-order valence-electron chi connectivity index (χ2n) is 4.73. The van der Waals surface area contributed by atoms with Crippen molar-refractivity contribution in [2.45, 2.75) is 70.8 Å². The molecule has 0 amide bonds. The first kappa shape index (κ1) is 17.7. The number of ether oxygens (including phenoxy) is 1. The highest BCUT2D eigenvalue weighted by atomic mass is 16.6. The topological polar surface area (TPSA) is 63.6 Å². The Hall–Kier alpha value is -1.32. The lowest BCUT2D eigenvalue weighted by Gasteiger charge is -2.12. The molecule has 4 heteroatoms. The zero-order valence-electron chi connectivity index (χ0n) is 11.9. The Bertz CT molecular complexity index is 273. The largest absolute Gasteiger partial charge is 0.479 e. The number of carbonyl (C=O) groups is 2. The van der Waals surface area contributed by atoms with Gasteiger partial charge in [0.2, 0.25) is 0 Å². The minimum atomic E-state index is -1.09. The Morgan fingerprint density at radius 1 is 1.11 bits per heavy atom. The molecule has 0 radical (unpaired) electrons. The summed E-state index contributed by atoms with van der Waals surface area (Å²) in [6, 6.07) is 0. The molecule has 1 N–H and O–H groups in total. The van der Waals surface area contributed by atoms with Gasteiger partial charge >= 0.3 is 11.9 Å². The van der Waals surface area contributed by atoms with Crippen LogP contribution in [0.1, 0.15) is 64.7 Å². The molecule has 0 rings (SSSR count). The summed E-state index contributed by atoms with van der Waals surface area (Å²) in [5, 5.41) is 8.91. The van der Waals surface area contributed by atoms with Crippen LogP contribution >= 0.6 is 0 Å². The molecule has 0 bridgehead atoms. The Morgan fingerprint density at radius 3 is 2.11 bits per heavy atom. The molecule has 4 nitrogen and oxygen atoms in total. The molecule has 0 heterocycles. The number of unbranched alkanes of at least 4 members (excludes halogenated alkanes) is 7. The van der Waals surface area contributed by atoms with E-state index in [1.54, 1.807) is 0 Å². The zero-order chi connectivity index (χ0) is 14.5. The van der Waals surface area contributed by atoms with E-state index in [-0.39, 0.29) is 0 Å². The van der Waals surface area contributed by atoms with Crippen LogP contribution in [0.4, 0.5) is 0 Å². The zero-order valence-corrected chi connectivity index (χ0v) is 11.9. The molecular formula is C15H26O4. The van der Waals surface area contributed by atoms with Crippen LogP contribution < -0.4 is 0 Å². The van der Waals surface area contributed by atoms with Crippen LogP contribution in [0.5, 0.6) is 0 Å². The maximum Gasteiger partial charge on any atom is 0.345 e.